The van der Waals surface area contributed by atoms with E-state index in [9.17, 15) is 19.5 Å². The summed E-state index contributed by atoms with van der Waals surface area (Å²) in [4.78, 5) is 34.6. The fourth-order valence-electron chi connectivity index (χ4n) is 2.64. The smallest absolute Gasteiger partial charge is 0.336 e. The summed E-state index contributed by atoms with van der Waals surface area (Å²) >= 11 is 0. The summed E-state index contributed by atoms with van der Waals surface area (Å²) < 4.78 is 5.63. The molecule has 0 fully saturated rings. The molecule has 7 nitrogen and oxygen atoms in total. The lowest BCUT2D eigenvalue weighted by Crippen LogP contribution is -2.08. The van der Waals surface area contributed by atoms with Crippen molar-refractivity contribution in [3.05, 3.63) is 95.6 Å². The average molecular weight is 403 g/mol. The number of carbonyl (C=O) groups excluding carboxylic acids is 1. The summed E-state index contributed by atoms with van der Waals surface area (Å²) in [7, 11) is 0. The van der Waals surface area contributed by atoms with E-state index in [0.29, 0.717) is 11.4 Å². The van der Waals surface area contributed by atoms with Crippen molar-refractivity contribution in [2.75, 3.05) is 5.32 Å². The number of anilines is 1. The molecule has 3 aromatic rings. The van der Waals surface area contributed by atoms with Gasteiger partial charge in [0, 0.05) is 17.8 Å². The number of aromatic carboxylic acids is 2. The number of benzene rings is 3. The van der Waals surface area contributed by atoms with Crippen molar-refractivity contribution in [2.45, 2.75) is 0 Å². The van der Waals surface area contributed by atoms with E-state index >= 15 is 0 Å². The third kappa shape index (κ3) is 5.32. The van der Waals surface area contributed by atoms with Crippen molar-refractivity contribution in [2.24, 2.45) is 0 Å². The maximum Gasteiger partial charge on any atom is 0.336 e. The second-order valence-electron chi connectivity index (χ2n) is 6.18. The van der Waals surface area contributed by atoms with E-state index in [1.807, 2.05) is 30.3 Å². The van der Waals surface area contributed by atoms with Crippen molar-refractivity contribution in [1.29, 1.82) is 0 Å². The van der Waals surface area contributed by atoms with E-state index in [1.165, 1.54) is 18.2 Å². The van der Waals surface area contributed by atoms with Crippen molar-refractivity contribution < 1.29 is 29.3 Å². The molecule has 0 spiro atoms. The fourth-order valence-corrected chi connectivity index (χ4v) is 2.64. The molecule has 30 heavy (non-hydrogen) atoms. The molecule has 3 N–H and O–H groups in total. The number of carboxylic acids is 2. The van der Waals surface area contributed by atoms with Crippen LogP contribution in [0.25, 0.3) is 6.08 Å². The van der Waals surface area contributed by atoms with Gasteiger partial charge >= 0.3 is 11.9 Å². The molecule has 7 heteroatoms. The molecular weight excluding hydrogens is 386 g/mol. The van der Waals surface area contributed by atoms with Crippen LogP contribution in [0.2, 0.25) is 0 Å². The van der Waals surface area contributed by atoms with Gasteiger partial charge in [0.15, 0.2) is 0 Å². The highest BCUT2D eigenvalue weighted by Gasteiger charge is 2.17. The van der Waals surface area contributed by atoms with Gasteiger partial charge < -0.3 is 20.3 Å². The van der Waals surface area contributed by atoms with Crippen molar-refractivity contribution in [3.8, 4) is 11.5 Å². The van der Waals surface area contributed by atoms with Crippen LogP contribution in [0.15, 0.2) is 78.9 Å². The molecule has 0 heterocycles. The third-order valence-corrected chi connectivity index (χ3v) is 4.02. The zero-order valence-corrected chi connectivity index (χ0v) is 15.6. The Morgan fingerprint density at radius 3 is 2.17 bits per heavy atom. The minimum Gasteiger partial charge on any atom is -0.478 e. The first kappa shape index (κ1) is 20.3. The lowest BCUT2D eigenvalue weighted by Gasteiger charge is -2.10. The molecule has 0 aliphatic carbocycles. The topological polar surface area (TPSA) is 113 Å². The van der Waals surface area contributed by atoms with Crippen LogP contribution in [0.5, 0.6) is 11.5 Å². The van der Waals surface area contributed by atoms with Gasteiger partial charge in [-0.25, -0.2) is 9.59 Å². The summed E-state index contributed by atoms with van der Waals surface area (Å²) in [5, 5.41) is 21.0. The molecule has 3 aromatic carbocycles. The molecule has 1 amide bonds. The van der Waals surface area contributed by atoms with Crippen LogP contribution in [0.3, 0.4) is 0 Å². The minimum atomic E-state index is -1.37. The predicted octanol–water partition coefficient (Wildman–Crippen LogP) is 4.53. The molecule has 0 radical (unpaired) electrons. The maximum atomic E-state index is 12.1. The molecule has 150 valence electrons. The highest BCUT2D eigenvalue weighted by Crippen LogP contribution is 2.26. The van der Waals surface area contributed by atoms with Crippen LogP contribution < -0.4 is 10.1 Å². The van der Waals surface area contributed by atoms with Gasteiger partial charge in [0.1, 0.15) is 11.5 Å². The van der Waals surface area contributed by atoms with Gasteiger partial charge in [-0.3, -0.25) is 4.79 Å². The van der Waals surface area contributed by atoms with Crippen molar-refractivity contribution in [3.63, 3.8) is 0 Å². The van der Waals surface area contributed by atoms with Crippen LogP contribution in [-0.4, -0.2) is 28.1 Å². The van der Waals surface area contributed by atoms with Crippen LogP contribution in [-0.2, 0) is 4.79 Å². The van der Waals surface area contributed by atoms with E-state index < -0.39 is 11.9 Å². The number of nitrogens with one attached hydrogen (secondary N) is 1. The monoisotopic (exact) mass is 403 g/mol. The van der Waals surface area contributed by atoms with Gasteiger partial charge in [0.05, 0.1) is 11.1 Å². The first-order valence-electron chi connectivity index (χ1n) is 8.85. The van der Waals surface area contributed by atoms with Crippen LogP contribution in [0.1, 0.15) is 26.3 Å². The Hall–Kier alpha value is -4.39. The zero-order chi connectivity index (χ0) is 21.5. The van der Waals surface area contributed by atoms with E-state index in [4.69, 9.17) is 9.84 Å². The minimum absolute atomic E-state index is 0.157. The van der Waals surface area contributed by atoms with Crippen molar-refractivity contribution in [1.82, 2.24) is 0 Å². The molecule has 3 rings (SSSR count). The van der Waals surface area contributed by atoms with E-state index in [-0.39, 0.29) is 22.8 Å². The molecule has 0 aromatic heterocycles. The normalized spacial score (nSPS) is 10.5. The SMILES string of the molecule is O=C(/C=C/c1ccccc1)Nc1cccc(Oc2ccc(C(=O)O)c(C(=O)O)c2)c1. The summed E-state index contributed by atoms with van der Waals surface area (Å²) in [6, 6.07) is 19.6. The first-order valence-corrected chi connectivity index (χ1v) is 8.85. The maximum absolute atomic E-state index is 12.1. The van der Waals surface area contributed by atoms with Gasteiger partial charge in [-0.1, -0.05) is 36.4 Å². The van der Waals surface area contributed by atoms with Gasteiger partial charge in [-0.2, -0.15) is 0 Å². The Morgan fingerprint density at radius 2 is 1.47 bits per heavy atom. The third-order valence-electron chi connectivity index (χ3n) is 4.02. The number of hydrogen-bond donors (Lipinski definition) is 3. The second-order valence-corrected chi connectivity index (χ2v) is 6.18. The lowest BCUT2D eigenvalue weighted by molar-refractivity contribution is -0.111. The Morgan fingerprint density at radius 1 is 0.767 bits per heavy atom. The Balaban J connectivity index is 1.72. The Bertz CT molecular complexity index is 1120. The molecule has 0 aliphatic heterocycles. The van der Waals surface area contributed by atoms with E-state index in [0.717, 1.165) is 11.6 Å². The van der Waals surface area contributed by atoms with E-state index in [2.05, 4.69) is 5.32 Å². The van der Waals surface area contributed by atoms with E-state index in [1.54, 1.807) is 30.3 Å². The largest absolute Gasteiger partial charge is 0.478 e. The fraction of sp³-hybridized carbons (Fsp3) is 0. The Kier molecular flexibility index (Phi) is 6.24. The van der Waals surface area contributed by atoms with Crippen LogP contribution in [0, 0.1) is 0 Å². The number of carboxylic acid groups (broad SMARTS) is 2. The molecular formula is C23H17NO6. The average Bonchev–Trinajstić information content (AvgIpc) is 2.73. The summed E-state index contributed by atoms with van der Waals surface area (Å²) in [5.41, 5.74) is 0.663. The van der Waals surface area contributed by atoms with Gasteiger partial charge in [-0.05, 0) is 42.0 Å². The first-order chi connectivity index (χ1) is 14.4. The lowest BCUT2D eigenvalue weighted by atomic mass is 10.1. The molecule has 0 saturated heterocycles. The summed E-state index contributed by atoms with van der Waals surface area (Å²) in [6.07, 6.45) is 3.10. The van der Waals surface area contributed by atoms with Gasteiger partial charge in [0.25, 0.3) is 0 Å². The molecule has 0 unspecified atom stereocenters. The number of carbonyl (C=O) groups is 3. The zero-order valence-electron chi connectivity index (χ0n) is 15.6. The number of hydrogen-bond acceptors (Lipinski definition) is 4. The number of amides is 1. The second kappa shape index (κ2) is 9.20. The number of rotatable bonds is 7. The summed E-state index contributed by atoms with van der Waals surface area (Å²) in [5.74, 6) is -2.53. The van der Waals surface area contributed by atoms with Gasteiger partial charge in [0.2, 0.25) is 5.91 Å². The van der Waals surface area contributed by atoms with Crippen LogP contribution >= 0.6 is 0 Å². The highest BCUT2D eigenvalue weighted by atomic mass is 16.5. The van der Waals surface area contributed by atoms with Crippen molar-refractivity contribution >= 4 is 29.6 Å². The predicted molar refractivity (Wildman–Crippen MR) is 111 cm³/mol. The molecule has 0 atom stereocenters. The quantitative estimate of drug-likeness (QED) is 0.500. The van der Waals surface area contributed by atoms with Crippen LogP contribution in [0.4, 0.5) is 5.69 Å². The summed E-state index contributed by atoms with van der Waals surface area (Å²) in [6.45, 7) is 0. The molecule has 0 bridgehead atoms. The van der Waals surface area contributed by atoms with Gasteiger partial charge in [-0.15, -0.1) is 0 Å². The molecule has 0 aliphatic rings. The highest BCUT2D eigenvalue weighted by molar-refractivity contribution is 6.02. The number of ether oxygens (including phenoxy) is 1. The molecule has 0 saturated carbocycles. The standard InChI is InChI=1S/C23H17NO6/c25-21(12-9-15-5-2-1-3-6-15)24-16-7-4-8-17(13-16)30-18-10-11-19(22(26)27)20(14-18)23(28)29/h1-14H,(H,24,25)(H,26,27)(H,28,29)/b12-9+. The Labute approximate surface area is 171 Å².